The number of aromatic nitrogens is 2. The molecule has 2 heterocycles. The molecular weight excluding hydrogens is 498 g/mol. The zero-order chi connectivity index (χ0) is 26.8. The van der Waals surface area contributed by atoms with E-state index in [2.05, 4.69) is 36.2 Å². The number of H-pyrrole nitrogens is 1. The van der Waals surface area contributed by atoms with E-state index in [0.717, 1.165) is 39.9 Å². The predicted octanol–water partition coefficient (Wildman–Crippen LogP) is 7.22. The lowest BCUT2D eigenvalue weighted by molar-refractivity contribution is 0.0730. The highest BCUT2D eigenvalue weighted by molar-refractivity contribution is 6.31. The Morgan fingerprint density at radius 3 is 2.53 bits per heavy atom. The third-order valence-electron chi connectivity index (χ3n) is 6.94. The second kappa shape index (κ2) is 10.9. The van der Waals surface area contributed by atoms with Crippen LogP contribution in [-0.2, 0) is 6.54 Å². The normalized spacial score (nSPS) is 14.7. The van der Waals surface area contributed by atoms with E-state index in [-0.39, 0.29) is 11.9 Å². The fourth-order valence-corrected chi connectivity index (χ4v) is 5.02. The number of methoxy groups -OCH3 is 1. The predicted molar refractivity (Wildman–Crippen MR) is 150 cm³/mol. The molecule has 1 amide bonds. The minimum Gasteiger partial charge on any atom is -0.493 e. The lowest BCUT2D eigenvalue weighted by Crippen LogP contribution is -2.29. The van der Waals surface area contributed by atoms with Gasteiger partial charge in [-0.25, -0.2) is 0 Å². The number of hydrogen-bond acceptors (Lipinski definition) is 4. The van der Waals surface area contributed by atoms with Crippen LogP contribution in [0.25, 0.3) is 11.3 Å². The largest absolute Gasteiger partial charge is 0.493 e. The van der Waals surface area contributed by atoms with Crippen molar-refractivity contribution in [3.8, 4) is 22.8 Å². The van der Waals surface area contributed by atoms with E-state index >= 15 is 0 Å². The molecular formula is C31H32ClN3O3. The van der Waals surface area contributed by atoms with Crippen LogP contribution in [0.4, 0.5) is 0 Å². The van der Waals surface area contributed by atoms with Gasteiger partial charge in [-0.3, -0.25) is 9.89 Å². The maximum Gasteiger partial charge on any atom is 0.273 e. The first kappa shape index (κ1) is 25.9. The molecule has 38 heavy (non-hydrogen) atoms. The average molecular weight is 530 g/mol. The summed E-state index contributed by atoms with van der Waals surface area (Å²) in [4.78, 5) is 15.6. The average Bonchev–Trinajstić information content (AvgIpc) is 3.45. The van der Waals surface area contributed by atoms with E-state index in [0.29, 0.717) is 41.3 Å². The standard InChI is InChI=1S/C31H32ClN3O3/c1-19(2)15-16-38-25-14-13-22(17-26(25)37-4)30-27-28(21-11-9-20(3)10-12-21)33-34-29(27)31(36)35(30)18-23-7-5-6-8-24(23)32/h5-14,17,19,30H,15-16,18H2,1-4H3,(H,33,34). The number of amides is 1. The highest BCUT2D eigenvalue weighted by Crippen LogP contribution is 2.45. The summed E-state index contributed by atoms with van der Waals surface area (Å²) in [5.74, 6) is 1.74. The Morgan fingerprint density at radius 2 is 1.82 bits per heavy atom. The van der Waals surface area contributed by atoms with Crippen molar-refractivity contribution in [2.45, 2.75) is 39.8 Å². The monoisotopic (exact) mass is 529 g/mol. The summed E-state index contributed by atoms with van der Waals surface area (Å²) in [7, 11) is 1.64. The SMILES string of the molecule is COc1cc(C2c3c(-c4ccc(C)cc4)n[nH]c3C(=O)N2Cc2ccccc2Cl)ccc1OCCC(C)C. The topological polar surface area (TPSA) is 67.5 Å². The molecule has 0 radical (unpaired) electrons. The number of rotatable bonds is 9. The quantitative estimate of drug-likeness (QED) is 0.248. The minimum absolute atomic E-state index is 0.119. The van der Waals surface area contributed by atoms with Crippen LogP contribution in [0, 0.1) is 12.8 Å². The van der Waals surface area contributed by atoms with Gasteiger partial charge in [-0.15, -0.1) is 0 Å². The van der Waals surface area contributed by atoms with Crippen LogP contribution in [-0.4, -0.2) is 34.7 Å². The molecule has 0 aliphatic carbocycles. The molecule has 0 bridgehead atoms. The number of nitrogens with one attached hydrogen (secondary N) is 1. The molecule has 4 aromatic rings. The number of benzene rings is 3. The van der Waals surface area contributed by atoms with E-state index in [1.165, 1.54) is 0 Å². The number of aromatic amines is 1. The summed E-state index contributed by atoms with van der Waals surface area (Å²) in [5.41, 5.74) is 6.00. The van der Waals surface area contributed by atoms with Gasteiger partial charge in [0.15, 0.2) is 11.5 Å². The Hall–Kier alpha value is -3.77. The molecule has 0 spiro atoms. The Kier molecular flexibility index (Phi) is 7.43. The van der Waals surface area contributed by atoms with Crippen LogP contribution < -0.4 is 9.47 Å². The van der Waals surface area contributed by atoms with Gasteiger partial charge in [0, 0.05) is 22.7 Å². The molecule has 0 saturated carbocycles. The lowest BCUT2D eigenvalue weighted by Gasteiger charge is -2.27. The molecule has 7 heteroatoms. The summed E-state index contributed by atoms with van der Waals surface area (Å²) in [6.45, 7) is 7.35. The smallest absolute Gasteiger partial charge is 0.273 e. The Labute approximate surface area is 228 Å². The Bertz CT molecular complexity index is 1450. The molecule has 1 N–H and O–H groups in total. The van der Waals surface area contributed by atoms with Crippen molar-refractivity contribution < 1.29 is 14.3 Å². The summed E-state index contributed by atoms with van der Waals surface area (Å²) < 4.78 is 11.8. The van der Waals surface area contributed by atoms with E-state index < -0.39 is 0 Å². The van der Waals surface area contributed by atoms with Crippen LogP contribution in [0.2, 0.25) is 5.02 Å². The minimum atomic E-state index is -0.387. The van der Waals surface area contributed by atoms with Crippen molar-refractivity contribution in [3.05, 3.63) is 99.7 Å². The van der Waals surface area contributed by atoms with Crippen LogP contribution in [0.5, 0.6) is 11.5 Å². The summed E-state index contributed by atoms with van der Waals surface area (Å²) >= 11 is 6.52. The third kappa shape index (κ3) is 5.01. The highest BCUT2D eigenvalue weighted by atomic mass is 35.5. The number of halogens is 1. The molecule has 1 aliphatic heterocycles. The van der Waals surface area contributed by atoms with Crippen LogP contribution in [0.1, 0.15) is 59.1 Å². The van der Waals surface area contributed by atoms with E-state index in [9.17, 15) is 4.79 Å². The van der Waals surface area contributed by atoms with Gasteiger partial charge in [0.05, 0.1) is 25.5 Å². The molecule has 1 atom stereocenters. The van der Waals surface area contributed by atoms with Crippen molar-refractivity contribution in [2.24, 2.45) is 5.92 Å². The van der Waals surface area contributed by atoms with Crippen LogP contribution in [0.15, 0.2) is 66.7 Å². The number of ether oxygens (including phenoxy) is 2. The molecule has 196 valence electrons. The number of fused-ring (bicyclic) bond motifs is 1. The first-order chi connectivity index (χ1) is 18.4. The number of nitrogens with zero attached hydrogens (tertiary/aromatic N) is 2. The van der Waals surface area contributed by atoms with E-state index in [4.69, 9.17) is 21.1 Å². The van der Waals surface area contributed by atoms with Crippen molar-refractivity contribution in [3.63, 3.8) is 0 Å². The summed E-state index contributed by atoms with van der Waals surface area (Å²) in [5, 5.41) is 8.24. The lowest BCUT2D eigenvalue weighted by atomic mass is 9.95. The van der Waals surface area contributed by atoms with Crippen molar-refractivity contribution in [1.82, 2.24) is 15.1 Å². The van der Waals surface area contributed by atoms with E-state index in [1.807, 2.05) is 66.4 Å². The molecule has 1 aliphatic rings. The first-order valence-corrected chi connectivity index (χ1v) is 13.3. The fourth-order valence-electron chi connectivity index (χ4n) is 4.83. The van der Waals surface area contributed by atoms with Gasteiger partial charge in [-0.1, -0.05) is 79.5 Å². The van der Waals surface area contributed by atoms with Crippen LogP contribution in [0.3, 0.4) is 0 Å². The molecule has 3 aromatic carbocycles. The third-order valence-corrected chi connectivity index (χ3v) is 7.31. The number of hydrogen-bond donors (Lipinski definition) is 1. The number of carbonyl (C=O) groups is 1. The zero-order valence-electron chi connectivity index (χ0n) is 22.1. The fraction of sp³-hybridized carbons (Fsp3) is 0.290. The van der Waals surface area contributed by atoms with Gasteiger partial charge in [0.2, 0.25) is 0 Å². The molecule has 1 unspecified atom stereocenters. The molecule has 0 fully saturated rings. The van der Waals surface area contributed by atoms with Gasteiger partial charge in [-0.05, 0) is 48.6 Å². The molecule has 1 aromatic heterocycles. The van der Waals surface area contributed by atoms with Gasteiger partial charge in [0.25, 0.3) is 5.91 Å². The summed E-state index contributed by atoms with van der Waals surface area (Å²) in [6.07, 6.45) is 0.950. The van der Waals surface area contributed by atoms with Crippen molar-refractivity contribution >= 4 is 17.5 Å². The number of carbonyl (C=O) groups excluding carboxylic acids is 1. The second-order valence-corrected chi connectivity index (χ2v) is 10.5. The first-order valence-electron chi connectivity index (χ1n) is 12.9. The maximum atomic E-state index is 13.8. The molecule has 6 nitrogen and oxygen atoms in total. The molecule has 0 saturated heterocycles. The van der Waals surface area contributed by atoms with Gasteiger partial charge < -0.3 is 14.4 Å². The van der Waals surface area contributed by atoms with Crippen molar-refractivity contribution in [1.29, 1.82) is 0 Å². The van der Waals surface area contributed by atoms with Crippen LogP contribution >= 0.6 is 11.6 Å². The van der Waals surface area contributed by atoms with Gasteiger partial charge in [0.1, 0.15) is 5.69 Å². The number of aryl methyl sites for hydroxylation is 1. The second-order valence-electron chi connectivity index (χ2n) is 10.1. The van der Waals surface area contributed by atoms with Gasteiger partial charge >= 0.3 is 0 Å². The van der Waals surface area contributed by atoms with Gasteiger partial charge in [-0.2, -0.15) is 5.10 Å². The maximum absolute atomic E-state index is 13.8. The van der Waals surface area contributed by atoms with E-state index in [1.54, 1.807) is 7.11 Å². The molecule has 5 rings (SSSR count). The Morgan fingerprint density at radius 1 is 1.05 bits per heavy atom. The highest BCUT2D eigenvalue weighted by Gasteiger charge is 2.42. The van der Waals surface area contributed by atoms with Crippen molar-refractivity contribution in [2.75, 3.05) is 13.7 Å². The zero-order valence-corrected chi connectivity index (χ0v) is 22.9. The summed E-state index contributed by atoms with van der Waals surface area (Å²) in [6, 6.07) is 21.3. The Balaban J connectivity index is 1.59.